The number of methoxy groups -OCH3 is 2. The minimum absolute atomic E-state index is 0.0181. The lowest BCUT2D eigenvalue weighted by Crippen LogP contribution is -2.47. The number of carbonyl (C=O) groups excluding carboxylic acids is 1. The Morgan fingerprint density at radius 3 is 2.35 bits per heavy atom. The van der Waals surface area contributed by atoms with Crippen LogP contribution in [0.2, 0.25) is 0 Å². The molecule has 4 rings (SSSR count). The first-order chi connectivity index (χ1) is 16.5. The Hall–Kier alpha value is -3.31. The highest BCUT2D eigenvalue weighted by Gasteiger charge is 2.33. The molecule has 5 heteroatoms. The van der Waals surface area contributed by atoms with Crippen molar-refractivity contribution in [2.24, 2.45) is 0 Å². The van der Waals surface area contributed by atoms with Crippen LogP contribution in [0, 0.1) is 6.92 Å². The number of ether oxygens (including phenoxy) is 2. The third-order valence-electron chi connectivity index (χ3n) is 6.60. The van der Waals surface area contributed by atoms with Crippen LogP contribution in [0.15, 0.2) is 66.7 Å². The monoisotopic (exact) mass is 458 g/mol. The lowest BCUT2D eigenvalue weighted by Gasteiger charge is -2.41. The van der Waals surface area contributed by atoms with Gasteiger partial charge in [0.1, 0.15) is 0 Å². The highest BCUT2D eigenvalue weighted by Crippen LogP contribution is 2.40. The molecule has 0 radical (unpaired) electrons. The summed E-state index contributed by atoms with van der Waals surface area (Å²) in [5.74, 6) is 1.49. The van der Waals surface area contributed by atoms with E-state index in [4.69, 9.17) is 9.47 Å². The predicted molar refractivity (Wildman–Crippen MR) is 135 cm³/mol. The van der Waals surface area contributed by atoms with E-state index in [-0.39, 0.29) is 18.0 Å². The molecule has 0 saturated carbocycles. The molecule has 0 bridgehead atoms. The van der Waals surface area contributed by atoms with E-state index in [1.165, 1.54) is 22.3 Å². The minimum atomic E-state index is -0.0844. The molecular formula is C29H34N2O3. The number of carbonyl (C=O) groups is 1. The van der Waals surface area contributed by atoms with Gasteiger partial charge in [-0.25, -0.2) is 0 Å². The van der Waals surface area contributed by atoms with Gasteiger partial charge >= 0.3 is 0 Å². The molecule has 1 aliphatic rings. The Morgan fingerprint density at radius 2 is 1.68 bits per heavy atom. The van der Waals surface area contributed by atoms with Gasteiger partial charge in [-0.1, -0.05) is 60.2 Å². The lowest BCUT2D eigenvalue weighted by atomic mass is 9.87. The van der Waals surface area contributed by atoms with Gasteiger partial charge in [-0.2, -0.15) is 0 Å². The van der Waals surface area contributed by atoms with Crippen LogP contribution in [0.4, 0.5) is 0 Å². The van der Waals surface area contributed by atoms with Crippen molar-refractivity contribution < 1.29 is 14.3 Å². The van der Waals surface area contributed by atoms with Crippen molar-refractivity contribution in [3.63, 3.8) is 0 Å². The highest BCUT2D eigenvalue weighted by molar-refractivity contribution is 5.79. The van der Waals surface area contributed by atoms with Crippen molar-refractivity contribution in [1.82, 2.24) is 10.2 Å². The fourth-order valence-corrected chi connectivity index (χ4v) is 4.88. The van der Waals surface area contributed by atoms with Crippen LogP contribution in [0.3, 0.4) is 0 Å². The Bertz CT molecular complexity index is 1110. The van der Waals surface area contributed by atoms with Gasteiger partial charge in [0.2, 0.25) is 5.91 Å². The van der Waals surface area contributed by atoms with Crippen molar-refractivity contribution in [3.8, 4) is 11.5 Å². The number of rotatable bonds is 8. The number of fused-ring (bicyclic) bond motifs is 1. The number of aryl methyl sites for hydroxylation is 1. The number of hydrogen-bond acceptors (Lipinski definition) is 4. The van der Waals surface area contributed by atoms with E-state index < -0.39 is 0 Å². The maximum atomic E-state index is 12.9. The number of amides is 1. The third kappa shape index (κ3) is 5.42. The van der Waals surface area contributed by atoms with Crippen molar-refractivity contribution >= 4 is 5.91 Å². The molecule has 0 aliphatic carbocycles. The van der Waals surface area contributed by atoms with Crippen molar-refractivity contribution in [2.75, 3.05) is 20.8 Å². The molecule has 1 amide bonds. The summed E-state index contributed by atoms with van der Waals surface area (Å²) < 4.78 is 11.2. The van der Waals surface area contributed by atoms with Crippen LogP contribution in [0.25, 0.3) is 0 Å². The fourth-order valence-electron chi connectivity index (χ4n) is 4.88. The molecule has 0 saturated heterocycles. The second kappa shape index (κ2) is 10.7. The summed E-state index contributed by atoms with van der Waals surface area (Å²) in [5, 5.41) is 3.28. The van der Waals surface area contributed by atoms with Crippen molar-refractivity contribution in [3.05, 3.63) is 94.5 Å². The Kier molecular flexibility index (Phi) is 7.53. The molecule has 0 aromatic heterocycles. The number of hydrogen-bond donors (Lipinski definition) is 1. The quantitative estimate of drug-likeness (QED) is 0.524. The topological polar surface area (TPSA) is 50.8 Å². The van der Waals surface area contributed by atoms with E-state index in [0.29, 0.717) is 12.2 Å². The molecular weight excluding hydrogens is 424 g/mol. The van der Waals surface area contributed by atoms with Gasteiger partial charge in [0, 0.05) is 19.1 Å². The van der Waals surface area contributed by atoms with E-state index >= 15 is 0 Å². The largest absolute Gasteiger partial charge is 0.493 e. The number of nitrogens with zero attached hydrogens (tertiary/aromatic N) is 1. The van der Waals surface area contributed by atoms with E-state index in [1.54, 1.807) is 14.2 Å². The molecule has 0 spiro atoms. The summed E-state index contributed by atoms with van der Waals surface area (Å²) in [7, 11) is 3.33. The summed E-state index contributed by atoms with van der Waals surface area (Å²) in [6, 6.07) is 22.7. The molecule has 3 aromatic carbocycles. The molecule has 1 heterocycles. The molecule has 5 nitrogen and oxygen atoms in total. The molecule has 178 valence electrons. The van der Waals surface area contributed by atoms with Gasteiger partial charge in [0.15, 0.2) is 11.5 Å². The van der Waals surface area contributed by atoms with Crippen LogP contribution in [0.5, 0.6) is 11.5 Å². The first kappa shape index (κ1) is 23.8. The zero-order valence-electron chi connectivity index (χ0n) is 20.5. The smallest absolute Gasteiger partial charge is 0.224 e. The summed E-state index contributed by atoms with van der Waals surface area (Å²) in [5.41, 5.74) is 5.96. The average Bonchev–Trinajstić information content (AvgIpc) is 2.84. The van der Waals surface area contributed by atoms with E-state index in [1.807, 2.05) is 30.3 Å². The van der Waals surface area contributed by atoms with Crippen molar-refractivity contribution in [1.29, 1.82) is 0 Å². The van der Waals surface area contributed by atoms with Crippen LogP contribution < -0.4 is 14.8 Å². The van der Waals surface area contributed by atoms with Gasteiger partial charge in [-0.05, 0) is 54.7 Å². The number of benzene rings is 3. The molecule has 1 N–H and O–H groups in total. The van der Waals surface area contributed by atoms with Gasteiger partial charge in [0.25, 0.3) is 0 Å². The van der Waals surface area contributed by atoms with Crippen LogP contribution in [0.1, 0.15) is 40.8 Å². The molecule has 34 heavy (non-hydrogen) atoms. The van der Waals surface area contributed by atoms with Crippen molar-refractivity contribution in [2.45, 2.75) is 45.3 Å². The standard InChI is InChI=1S/C29H34N2O3/c1-20-10-12-23(13-11-20)19-31-15-14-24-17-26(33-3)27(34-4)18-25(24)29(31)21(2)30-28(32)16-22-8-6-5-7-9-22/h5-13,17-18,21,29H,14-16,19H2,1-4H3,(H,30,32)/t21-,29+/m1/s1. The summed E-state index contributed by atoms with van der Waals surface area (Å²) in [4.78, 5) is 15.4. The van der Waals surface area contributed by atoms with Gasteiger partial charge in [-0.3, -0.25) is 9.69 Å². The minimum Gasteiger partial charge on any atom is -0.493 e. The molecule has 2 atom stereocenters. The second-order valence-corrected chi connectivity index (χ2v) is 9.08. The van der Waals surface area contributed by atoms with Gasteiger partial charge in [0.05, 0.1) is 26.7 Å². The number of nitrogens with one attached hydrogen (secondary N) is 1. The maximum Gasteiger partial charge on any atom is 0.224 e. The second-order valence-electron chi connectivity index (χ2n) is 9.08. The highest BCUT2D eigenvalue weighted by atomic mass is 16.5. The van der Waals surface area contributed by atoms with Gasteiger partial charge in [-0.15, -0.1) is 0 Å². The molecule has 3 aromatic rings. The zero-order chi connectivity index (χ0) is 24.1. The molecule has 1 aliphatic heterocycles. The lowest BCUT2D eigenvalue weighted by molar-refractivity contribution is -0.121. The molecule has 0 unspecified atom stereocenters. The normalized spacial score (nSPS) is 16.4. The van der Waals surface area contributed by atoms with Crippen LogP contribution >= 0.6 is 0 Å². The maximum absolute atomic E-state index is 12.9. The van der Waals surface area contributed by atoms with E-state index in [2.05, 4.69) is 60.5 Å². The Morgan fingerprint density at radius 1 is 1.00 bits per heavy atom. The SMILES string of the molecule is COc1cc2c(cc1OC)[C@H]([C@@H](C)NC(=O)Cc1ccccc1)N(Cc1ccc(C)cc1)CC2. The zero-order valence-corrected chi connectivity index (χ0v) is 20.5. The summed E-state index contributed by atoms with van der Waals surface area (Å²) in [6.07, 6.45) is 1.29. The summed E-state index contributed by atoms with van der Waals surface area (Å²) >= 11 is 0. The summed E-state index contributed by atoms with van der Waals surface area (Å²) in [6.45, 7) is 5.92. The van der Waals surface area contributed by atoms with Gasteiger partial charge < -0.3 is 14.8 Å². The van der Waals surface area contributed by atoms with E-state index in [0.717, 1.165) is 30.8 Å². The van der Waals surface area contributed by atoms with Crippen LogP contribution in [-0.4, -0.2) is 37.6 Å². The first-order valence-corrected chi connectivity index (χ1v) is 11.9. The Balaban J connectivity index is 1.63. The third-order valence-corrected chi connectivity index (χ3v) is 6.60. The fraction of sp³-hybridized carbons (Fsp3) is 0.345. The molecule has 0 fully saturated rings. The first-order valence-electron chi connectivity index (χ1n) is 11.9. The Labute approximate surface area is 202 Å². The van der Waals surface area contributed by atoms with Crippen LogP contribution in [-0.2, 0) is 24.2 Å². The average molecular weight is 459 g/mol. The van der Waals surface area contributed by atoms with E-state index in [9.17, 15) is 4.79 Å². The predicted octanol–water partition coefficient (Wildman–Crippen LogP) is 4.86.